The van der Waals surface area contributed by atoms with Gasteiger partial charge in [0.05, 0.1) is 31.6 Å². The molecule has 0 aliphatic carbocycles. The van der Waals surface area contributed by atoms with Crippen LogP contribution in [-0.4, -0.2) is 105 Å². The van der Waals surface area contributed by atoms with Gasteiger partial charge in [-0.25, -0.2) is 0 Å². The first kappa shape index (κ1) is 47.0. The summed E-state index contributed by atoms with van der Waals surface area (Å²) in [7, 11) is 4.09. The molecule has 0 aromatic heterocycles. The predicted octanol–water partition coefficient (Wildman–Crippen LogP) is 10.1. The summed E-state index contributed by atoms with van der Waals surface area (Å²) < 4.78 is 29.7. The zero-order valence-corrected chi connectivity index (χ0v) is 37.8. The fourth-order valence-corrected chi connectivity index (χ4v) is 13.0. The van der Waals surface area contributed by atoms with Gasteiger partial charge in [0.1, 0.15) is 13.6 Å². The second-order valence-electron chi connectivity index (χ2n) is 15.2. The summed E-state index contributed by atoms with van der Waals surface area (Å²) in [5.74, 6) is 2.58. The largest absolute Gasteiger partial charge is 0.355 e. The highest BCUT2D eigenvalue weighted by molar-refractivity contribution is 8.76. The molecule has 2 unspecified atom stereocenters. The van der Waals surface area contributed by atoms with Crippen molar-refractivity contribution in [1.29, 1.82) is 0 Å². The number of hydrogen-bond donors (Lipinski definition) is 0. The molecule has 2 heterocycles. The van der Waals surface area contributed by atoms with E-state index in [4.69, 9.17) is 18.9 Å². The van der Waals surface area contributed by atoms with Crippen LogP contribution in [0.15, 0.2) is 0 Å². The van der Waals surface area contributed by atoms with Gasteiger partial charge < -0.3 is 28.1 Å². The Morgan fingerprint density at radius 3 is 1.32 bits per heavy atom. The molecule has 0 amide bonds. The standard InChI is InChI=1S/C40H84N2O4S2Si2/c1-3-5-7-9-11-13-15-17-31-43-37-45-39-23-19-35-49-41(29-25-39)27-21-33-47-48-34-22-28-42-30-26-40(24-20-36-50-42)46-38-44-32-18-16-14-12-10-8-6-4-2/h39-40H,3-38,49-50H2,1-2H3. The summed E-state index contributed by atoms with van der Waals surface area (Å²) in [4.78, 5) is 0. The van der Waals surface area contributed by atoms with Gasteiger partial charge in [-0.05, 0) is 89.6 Å². The molecule has 0 aromatic carbocycles. The lowest BCUT2D eigenvalue weighted by atomic mass is 10.1. The van der Waals surface area contributed by atoms with E-state index < -0.39 is 0 Å². The number of rotatable bonds is 33. The summed E-state index contributed by atoms with van der Waals surface area (Å²) >= 11 is 0. The van der Waals surface area contributed by atoms with Gasteiger partial charge >= 0.3 is 0 Å². The van der Waals surface area contributed by atoms with E-state index in [1.807, 2.05) is 0 Å². The summed E-state index contributed by atoms with van der Waals surface area (Å²) in [5.41, 5.74) is 0. The molecular formula is C40H84N2O4S2Si2. The molecule has 2 rings (SSSR count). The smallest absolute Gasteiger partial charge is 0.147 e. The minimum atomic E-state index is -0.0695. The molecular weight excluding hydrogens is 693 g/mol. The summed E-state index contributed by atoms with van der Waals surface area (Å²) in [5, 5.41) is 0. The molecule has 298 valence electrons. The van der Waals surface area contributed by atoms with Gasteiger partial charge in [0.25, 0.3) is 0 Å². The SMILES string of the molecule is CCCCCCCCCCOCOC1CCC[SiH2]N(CCCSSCCCN2CCC(OCOCCCCCCCCCC)CCC[SiH2]2)CC1. The Morgan fingerprint density at radius 1 is 0.500 bits per heavy atom. The lowest BCUT2D eigenvalue weighted by molar-refractivity contribution is -0.0956. The van der Waals surface area contributed by atoms with Crippen molar-refractivity contribution in [1.82, 2.24) is 9.13 Å². The highest BCUT2D eigenvalue weighted by Gasteiger charge is 2.17. The highest BCUT2D eigenvalue weighted by Crippen LogP contribution is 2.24. The maximum Gasteiger partial charge on any atom is 0.147 e. The van der Waals surface area contributed by atoms with Crippen LogP contribution in [0, 0.1) is 0 Å². The Labute approximate surface area is 324 Å². The molecule has 0 spiro atoms. The molecule has 0 N–H and O–H groups in total. The maximum atomic E-state index is 6.17. The molecule has 0 saturated carbocycles. The van der Waals surface area contributed by atoms with Gasteiger partial charge in [0.2, 0.25) is 0 Å². The van der Waals surface area contributed by atoms with Crippen LogP contribution in [0.3, 0.4) is 0 Å². The lowest BCUT2D eigenvalue weighted by Gasteiger charge is -2.28. The fourth-order valence-electron chi connectivity index (χ4n) is 7.26. The minimum absolute atomic E-state index is 0.0695. The van der Waals surface area contributed by atoms with Gasteiger partial charge in [0.15, 0.2) is 0 Å². The summed E-state index contributed by atoms with van der Waals surface area (Å²) in [6, 6.07) is 2.89. The number of hydrogen-bond acceptors (Lipinski definition) is 8. The van der Waals surface area contributed by atoms with Crippen LogP contribution in [0.25, 0.3) is 0 Å². The van der Waals surface area contributed by atoms with Gasteiger partial charge in [0, 0.05) is 24.7 Å². The van der Waals surface area contributed by atoms with Crippen LogP contribution in [0.5, 0.6) is 0 Å². The van der Waals surface area contributed by atoms with Gasteiger partial charge in [-0.3, -0.25) is 0 Å². The quantitative estimate of drug-likeness (QED) is 0.0283. The second-order valence-corrected chi connectivity index (χ2v) is 22.0. The molecule has 2 aliphatic rings. The third-order valence-corrected chi connectivity index (χ3v) is 17.3. The molecule has 0 radical (unpaired) electrons. The predicted molar refractivity (Wildman–Crippen MR) is 228 cm³/mol. The molecule has 2 atom stereocenters. The van der Waals surface area contributed by atoms with E-state index in [9.17, 15) is 0 Å². The Hall–Kier alpha value is 0.894. The van der Waals surface area contributed by atoms with E-state index in [2.05, 4.69) is 44.6 Å². The first-order chi connectivity index (χ1) is 24.8. The number of unbranched alkanes of at least 4 members (excludes halogenated alkanes) is 14. The molecule has 2 saturated heterocycles. The first-order valence-electron chi connectivity index (χ1n) is 21.9. The zero-order valence-electron chi connectivity index (χ0n) is 33.4. The molecule has 2 aliphatic heterocycles. The highest BCUT2D eigenvalue weighted by atomic mass is 33.1. The Balaban J connectivity index is 1.38. The molecule has 6 nitrogen and oxygen atoms in total. The first-order valence-corrected chi connectivity index (χ1v) is 27.6. The van der Waals surface area contributed by atoms with Crippen LogP contribution < -0.4 is 0 Å². The minimum Gasteiger partial charge on any atom is -0.355 e. The molecule has 10 heteroatoms. The topological polar surface area (TPSA) is 43.4 Å². The van der Waals surface area contributed by atoms with Gasteiger partial charge in [-0.1, -0.05) is 138 Å². The maximum absolute atomic E-state index is 6.17. The third-order valence-electron chi connectivity index (χ3n) is 10.6. The van der Waals surface area contributed by atoms with E-state index in [0.29, 0.717) is 25.8 Å². The average Bonchev–Trinajstić information content (AvgIpc) is 3.10. The van der Waals surface area contributed by atoms with E-state index in [1.165, 1.54) is 204 Å². The average molecular weight is 777 g/mol. The van der Waals surface area contributed by atoms with Crippen molar-refractivity contribution < 1.29 is 18.9 Å². The molecule has 50 heavy (non-hydrogen) atoms. The van der Waals surface area contributed by atoms with Crippen molar-refractivity contribution in [2.45, 2.75) is 192 Å². The van der Waals surface area contributed by atoms with Crippen LogP contribution >= 0.6 is 21.6 Å². The normalized spacial score (nSPS) is 21.0. The van der Waals surface area contributed by atoms with Crippen LogP contribution in [0.1, 0.15) is 168 Å². The Morgan fingerprint density at radius 2 is 0.900 bits per heavy atom. The second kappa shape index (κ2) is 36.8. The number of nitrogens with zero attached hydrogens (tertiary/aromatic N) is 2. The van der Waals surface area contributed by atoms with Crippen molar-refractivity contribution in [3.05, 3.63) is 0 Å². The van der Waals surface area contributed by atoms with Gasteiger partial charge in [-0.15, -0.1) is 0 Å². The van der Waals surface area contributed by atoms with E-state index in [-0.39, 0.29) is 19.4 Å². The zero-order chi connectivity index (χ0) is 35.4. The van der Waals surface area contributed by atoms with Crippen LogP contribution in [-0.2, 0) is 18.9 Å². The summed E-state index contributed by atoms with van der Waals surface area (Å²) in [6.45, 7) is 12.4. The van der Waals surface area contributed by atoms with E-state index in [0.717, 1.165) is 13.2 Å². The fraction of sp³-hybridized carbons (Fsp3) is 1.00. The molecule has 2 fully saturated rings. The van der Waals surface area contributed by atoms with Crippen molar-refractivity contribution >= 4 is 41.0 Å². The monoisotopic (exact) mass is 777 g/mol. The van der Waals surface area contributed by atoms with Crippen LogP contribution in [0.4, 0.5) is 0 Å². The lowest BCUT2D eigenvalue weighted by Crippen LogP contribution is -2.35. The summed E-state index contributed by atoms with van der Waals surface area (Å²) in [6.07, 6.45) is 32.6. The number of ether oxygens (including phenoxy) is 4. The Bertz CT molecular complexity index is 650. The van der Waals surface area contributed by atoms with E-state index >= 15 is 0 Å². The third kappa shape index (κ3) is 29.3. The molecule has 0 aromatic rings. The van der Waals surface area contributed by atoms with Crippen molar-refractivity contribution in [2.24, 2.45) is 0 Å². The van der Waals surface area contributed by atoms with Crippen molar-refractivity contribution in [3.63, 3.8) is 0 Å². The van der Waals surface area contributed by atoms with Gasteiger partial charge in [-0.2, -0.15) is 0 Å². The van der Waals surface area contributed by atoms with E-state index in [1.54, 1.807) is 0 Å². The van der Waals surface area contributed by atoms with Crippen molar-refractivity contribution in [3.8, 4) is 0 Å². The molecule has 0 bridgehead atoms. The Kier molecular flexibility index (Phi) is 34.7. The van der Waals surface area contributed by atoms with Crippen LogP contribution in [0.2, 0.25) is 12.1 Å². The van der Waals surface area contributed by atoms with Crippen molar-refractivity contribution in [2.75, 3.05) is 64.5 Å².